The van der Waals surface area contributed by atoms with Gasteiger partial charge in [-0.2, -0.15) is 13.2 Å². The van der Waals surface area contributed by atoms with E-state index in [9.17, 15) is 13.2 Å². The SMILES string of the molecule is Cc1ccc(C)c(C(C)NC(=S)Nc2ccccc2C(F)(F)F)c1. The van der Waals surface area contributed by atoms with Crippen LogP contribution in [0.15, 0.2) is 42.5 Å². The summed E-state index contributed by atoms with van der Waals surface area (Å²) < 4.78 is 39.1. The minimum Gasteiger partial charge on any atom is -0.356 e. The first kappa shape index (κ1) is 18.3. The minimum atomic E-state index is -4.43. The normalized spacial score (nSPS) is 12.6. The molecule has 24 heavy (non-hydrogen) atoms. The number of alkyl halides is 3. The van der Waals surface area contributed by atoms with E-state index < -0.39 is 11.7 Å². The Hall–Kier alpha value is -2.08. The Morgan fingerprint density at radius 2 is 1.75 bits per heavy atom. The maximum absolute atomic E-state index is 13.0. The van der Waals surface area contributed by atoms with E-state index in [4.69, 9.17) is 12.2 Å². The number of hydrogen-bond acceptors (Lipinski definition) is 1. The molecule has 0 saturated heterocycles. The predicted octanol–water partition coefficient (Wildman–Crippen LogP) is 5.37. The van der Waals surface area contributed by atoms with E-state index in [0.29, 0.717) is 0 Å². The van der Waals surface area contributed by atoms with Crippen molar-refractivity contribution in [2.45, 2.75) is 33.0 Å². The lowest BCUT2D eigenvalue weighted by molar-refractivity contribution is -0.136. The molecule has 0 amide bonds. The molecular formula is C18H19F3N2S. The quantitative estimate of drug-likeness (QED) is 0.726. The summed E-state index contributed by atoms with van der Waals surface area (Å²) in [6, 6.07) is 11.2. The lowest BCUT2D eigenvalue weighted by Gasteiger charge is -2.21. The number of rotatable bonds is 3. The summed E-state index contributed by atoms with van der Waals surface area (Å²) in [6.07, 6.45) is -4.43. The number of thiocarbonyl (C=S) groups is 1. The number of anilines is 1. The second-order valence-corrected chi connectivity index (χ2v) is 6.13. The van der Waals surface area contributed by atoms with Crippen molar-refractivity contribution in [1.82, 2.24) is 5.32 Å². The highest BCUT2D eigenvalue weighted by molar-refractivity contribution is 7.80. The van der Waals surface area contributed by atoms with Gasteiger partial charge in [0.1, 0.15) is 0 Å². The fourth-order valence-electron chi connectivity index (χ4n) is 2.50. The third kappa shape index (κ3) is 4.47. The molecule has 2 aromatic carbocycles. The number of aryl methyl sites for hydroxylation is 2. The van der Waals surface area contributed by atoms with E-state index in [2.05, 4.69) is 10.6 Å². The van der Waals surface area contributed by atoms with Crippen molar-refractivity contribution in [2.24, 2.45) is 0 Å². The van der Waals surface area contributed by atoms with Crippen molar-refractivity contribution < 1.29 is 13.2 Å². The first-order valence-electron chi connectivity index (χ1n) is 7.49. The standard InChI is InChI=1S/C18H19F3N2S/c1-11-8-9-12(2)14(10-11)13(3)22-17(24)23-16-7-5-4-6-15(16)18(19,20)21/h4-10,13H,1-3H3,(H2,22,23,24). The molecule has 128 valence electrons. The molecule has 2 aromatic rings. The molecule has 0 fully saturated rings. The Kier molecular flexibility index (Phi) is 5.49. The fourth-order valence-corrected chi connectivity index (χ4v) is 2.79. The summed E-state index contributed by atoms with van der Waals surface area (Å²) in [7, 11) is 0. The summed E-state index contributed by atoms with van der Waals surface area (Å²) in [4.78, 5) is 0. The third-order valence-corrected chi connectivity index (χ3v) is 3.95. The third-order valence-electron chi connectivity index (χ3n) is 3.73. The molecule has 0 radical (unpaired) electrons. The monoisotopic (exact) mass is 352 g/mol. The first-order chi connectivity index (χ1) is 11.2. The van der Waals surface area contributed by atoms with Crippen molar-refractivity contribution in [2.75, 3.05) is 5.32 Å². The van der Waals surface area contributed by atoms with E-state index in [1.54, 1.807) is 0 Å². The number of hydrogen-bond donors (Lipinski definition) is 2. The number of para-hydroxylation sites is 1. The smallest absolute Gasteiger partial charge is 0.356 e. The molecule has 2 rings (SSSR count). The molecule has 0 aromatic heterocycles. The summed E-state index contributed by atoms with van der Waals surface area (Å²) >= 11 is 5.18. The van der Waals surface area contributed by atoms with Crippen LogP contribution in [-0.2, 0) is 6.18 Å². The molecular weight excluding hydrogens is 333 g/mol. The van der Waals surface area contributed by atoms with Crippen molar-refractivity contribution in [1.29, 1.82) is 0 Å². The van der Waals surface area contributed by atoms with Gasteiger partial charge in [0.05, 0.1) is 17.3 Å². The van der Waals surface area contributed by atoms with Gasteiger partial charge in [0.25, 0.3) is 0 Å². The van der Waals surface area contributed by atoms with Crippen LogP contribution in [-0.4, -0.2) is 5.11 Å². The summed E-state index contributed by atoms with van der Waals surface area (Å²) in [6.45, 7) is 5.90. The van der Waals surface area contributed by atoms with Crippen molar-refractivity contribution in [3.63, 3.8) is 0 Å². The summed E-state index contributed by atoms with van der Waals surface area (Å²) in [5, 5.41) is 5.85. The van der Waals surface area contributed by atoms with Crippen LogP contribution in [0.5, 0.6) is 0 Å². The molecule has 0 aliphatic rings. The fraction of sp³-hybridized carbons (Fsp3) is 0.278. The molecule has 2 nitrogen and oxygen atoms in total. The van der Waals surface area contributed by atoms with E-state index in [-0.39, 0.29) is 16.8 Å². The van der Waals surface area contributed by atoms with Gasteiger partial charge in [0.2, 0.25) is 0 Å². The topological polar surface area (TPSA) is 24.1 Å². The van der Waals surface area contributed by atoms with Crippen LogP contribution < -0.4 is 10.6 Å². The highest BCUT2D eigenvalue weighted by Gasteiger charge is 2.33. The average molecular weight is 352 g/mol. The van der Waals surface area contributed by atoms with Crippen molar-refractivity contribution in [3.05, 3.63) is 64.7 Å². The molecule has 2 N–H and O–H groups in total. The zero-order valence-electron chi connectivity index (χ0n) is 13.7. The van der Waals surface area contributed by atoms with Crippen LogP contribution in [0, 0.1) is 13.8 Å². The molecule has 0 aliphatic carbocycles. The molecule has 6 heteroatoms. The Morgan fingerprint density at radius 1 is 1.08 bits per heavy atom. The molecule has 0 aliphatic heterocycles. The molecule has 1 atom stereocenters. The zero-order valence-corrected chi connectivity index (χ0v) is 14.5. The number of halogens is 3. The Balaban J connectivity index is 2.13. The Morgan fingerprint density at radius 3 is 2.42 bits per heavy atom. The van der Waals surface area contributed by atoms with Gasteiger partial charge in [-0.05, 0) is 56.2 Å². The van der Waals surface area contributed by atoms with Gasteiger partial charge in [0, 0.05) is 0 Å². The number of nitrogens with one attached hydrogen (secondary N) is 2. The number of benzene rings is 2. The second-order valence-electron chi connectivity index (χ2n) is 5.72. The van der Waals surface area contributed by atoms with Crippen LogP contribution in [0.4, 0.5) is 18.9 Å². The summed E-state index contributed by atoms with van der Waals surface area (Å²) in [5.41, 5.74) is 2.47. The van der Waals surface area contributed by atoms with E-state index in [0.717, 1.165) is 22.8 Å². The highest BCUT2D eigenvalue weighted by atomic mass is 32.1. The largest absolute Gasteiger partial charge is 0.418 e. The van der Waals surface area contributed by atoms with E-state index in [1.807, 2.05) is 39.0 Å². The first-order valence-corrected chi connectivity index (χ1v) is 7.90. The minimum absolute atomic E-state index is 0.0596. The Bertz CT molecular complexity index is 741. The Labute approximate surface area is 145 Å². The van der Waals surface area contributed by atoms with Gasteiger partial charge in [-0.25, -0.2) is 0 Å². The van der Waals surface area contributed by atoms with Gasteiger partial charge in [-0.3, -0.25) is 0 Å². The zero-order chi connectivity index (χ0) is 17.9. The molecule has 0 bridgehead atoms. The van der Waals surface area contributed by atoms with E-state index >= 15 is 0 Å². The van der Waals surface area contributed by atoms with Crippen LogP contribution in [0.3, 0.4) is 0 Å². The average Bonchev–Trinajstić information content (AvgIpc) is 2.49. The predicted molar refractivity (Wildman–Crippen MR) is 95.1 cm³/mol. The van der Waals surface area contributed by atoms with Crippen LogP contribution >= 0.6 is 12.2 Å². The van der Waals surface area contributed by atoms with E-state index in [1.165, 1.54) is 18.2 Å². The van der Waals surface area contributed by atoms with Crippen LogP contribution in [0.1, 0.15) is 35.2 Å². The molecule has 0 spiro atoms. The maximum Gasteiger partial charge on any atom is 0.418 e. The van der Waals surface area contributed by atoms with Crippen LogP contribution in [0.2, 0.25) is 0 Å². The van der Waals surface area contributed by atoms with Crippen LogP contribution in [0.25, 0.3) is 0 Å². The second kappa shape index (κ2) is 7.21. The maximum atomic E-state index is 13.0. The molecule has 0 heterocycles. The van der Waals surface area contributed by atoms with Crippen molar-refractivity contribution >= 4 is 23.0 Å². The lowest BCUT2D eigenvalue weighted by atomic mass is 10.0. The van der Waals surface area contributed by atoms with Gasteiger partial charge < -0.3 is 10.6 Å². The molecule has 1 unspecified atom stereocenters. The summed E-state index contributed by atoms with van der Waals surface area (Å²) in [5.74, 6) is 0. The van der Waals surface area contributed by atoms with Gasteiger partial charge >= 0.3 is 6.18 Å². The molecule has 0 saturated carbocycles. The highest BCUT2D eigenvalue weighted by Crippen LogP contribution is 2.34. The van der Waals surface area contributed by atoms with Gasteiger partial charge in [-0.1, -0.05) is 35.9 Å². The van der Waals surface area contributed by atoms with Gasteiger partial charge in [0.15, 0.2) is 5.11 Å². The van der Waals surface area contributed by atoms with Gasteiger partial charge in [-0.15, -0.1) is 0 Å². The van der Waals surface area contributed by atoms with Crippen molar-refractivity contribution in [3.8, 4) is 0 Å². The lowest BCUT2D eigenvalue weighted by Crippen LogP contribution is -2.32.